The highest BCUT2D eigenvalue weighted by molar-refractivity contribution is 6.46. The Labute approximate surface area is 204 Å². The van der Waals surface area contributed by atoms with Crippen LogP contribution in [0.25, 0.3) is 11.4 Å². The molecule has 0 spiro atoms. The van der Waals surface area contributed by atoms with Crippen LogP contribution >= 0.6 is 0 Å². The van der Waals surface area contributed by atoms with Crippen molar-refractivity contribution in [3.05, 3.63) is 70.7 Å². The second-order valence-electron chi connectivity index (χ2n) is 8.69. The predicted molar refractivity (Wildman–Crippen MR) is 132 cm³/mol. The van der Waals surface area contributed by atoms with Crippen molar-refractivity contribution in [3.63, 3.8) is 0 Å². The number of amides is 1. The van der Waals surface area contributed by atoms with Gasteiger partial charge in [-0.15, -0.1) is 0 Å². The Hall–Kier alpha value is -3.65. The predicted octanol–water partition coefficient (Wildman–Crippen LogP) is 4.20. The van der Waals surface area contributed by atoms with Gasteiger partial charge in [-0.1, -0.05) is 25.1 Å². The van der Waals surface area contributed by atoms with Crippen molar-refractivity contribution in [1.29, 1.82) is 0 Å². The van der Waals surface area contributed by atoms with Crippen LogP contribution in [0.4, 0.5) is 0 Å². The van der Waals surface area contributed by atoms with Crippen molar-refractivity contribution in [1.82, 2.24) is 14.3 Å². The molecule has 0 saturated carbocycles. The Kier molecular flexibility index (Phi) is 7.21. The van der Waals surface area contributed by atoms with E-state index in [2.05, 4.69) is 4.98 Å². The van der Waals surface area contributed by atoms with Crippen molar-refractivity contribution >= 4 is 23.1 Å². The zero-order valence-corrected chi connectivity index (χ0v) is 20.6. The molecule has 1 amide bonds. The van der Waals surface area contributed by atoms with Gasteiger partial charge in [0.25, 0.3) is 11.7 Å². The SMILES string of the molecule is CCCOc1cccc(C2/C(=C(\O)c3nc4c(C)cccn4c3C)C(=O)C(=O)N2CCCOC)c1. The summed E-state index contributed by atoms with van der Waals surface area (Å²) in [5, 5.41) is 11.5. The number of aliphatic hydroxyl groups excluding tert-OH is 1. The van der Waals surface area contributed by atoms with Crippen molar-refractivity contribution in [2.24, 2.45) is 0 Å². The number of Topliss-reactive ketones (excluding diaryl/α,β-unsaturated/α-hetero) is 1. The smallest absolute Gasteiger partial charge is 0.295 e. The zero-order chi connectivity index (χ0) is 25.1. The number of aromatic nitrogens is 2. The lowest BCUT2D eigenvalue weighted by Crippen LogP contribution is -2.31. The van der Waals surface area contributed by atoms with Gasteiger partial charge >= 0.3 is 0 Å². The molecule has 3 aromatic rings. The molecule has 2 aromatic heterocycles. The third kappa shape index (κ3) is 4.53. The molecule has 1 aliphatic heterocycles. The minimum absolute atomic E-state index is 0.0317. The first-order valence-electron chi connectivity index (χ1n) is 11.8. The number of likely N-dealkylation sites (tertiary alicyclic amines) is 1. The van der Waals surface area contributed by atoms with E-state index < -0.39 is 17.7 Å². The van der Waals surface area contributed by atoms with Gasteiger partial charge in [0.15, 0.2) is 5.76 Å². The van der Waals surface area contributed by atoms with Gasteiger partial charge in [-0.2, -0.15) is 0 Å². The molecular formula is C27H31N3O5. The van der Waals surface area contributed by atoms with E-state index in [4.69, 9.17) is 9.47 Å². The molecule has 0 radical (unpaired) electrons. The summed E-state index contributed by atoms with van der Waals surface area (Å²) in [6.07, 6.45) is 3.27. The number of methoxy groups -OCH3 is 1. The van der Waals surface area contributed by atoms with Crippen LogP contribution < -0.4 is 4.74 Å². The summed E-state index contributed by atoms with van der Waals surface area (Å²) in [7, 11) is 1.59. The summed E-state index contributed by atoms with van der Waals surface area (Å²) < 4.78 is 12.8. The van der Waals surface area contributed by atoms with Crippen LogP contribution in [0.5, 0.6) is 5.75 Å². The lowest BCUT2D eigenvalue weighted by atomic mass is 9.96. The van der Waals surface area contributed by atoms with Crippen LogP contribution in [0.1, 0.15) is 48.3 Å². The number of fused-ring (bicyclic) bond motifs is 1. The van der Waals surface area contributed by atoms with Crippen molar-refractivity contribution in [2.45, 2.75) is 39.7 Å². The highest BCUT2D eigenvalue weighted by Gasteiger charge is 2.46. The first-order chi connectivity index (χ1) is 16.9. The van der Waals surface area contributed by atoms with Crippen molar-refractivity contribution < 1.29 is 24.2 Å². The van der Waals surface area contributed by atoms with E-state index in [-0.39, 0.29) is 17.0 Å². The fourth-order valence-corrected chi connectivity index (χ4v) is 4.50. The minimum Gasteiger partial charge on any atom is -0.505 e. The monoisotopic (exact) mass is 477 g/mol. The number of hydrogen-bond acceptors (Lipinski definition) is 6. The summed E-state index contributed by atoms with van der Waals surface area (Å²) in [6.45, 7) is 7.09. The molecule has 35 heavy (non-hydrogen) atoms. The molecule has 1 N–H and O–H groups in total. The molecule has 1 aliphatic rings. The molecular weight excluding hydrogens is 446 g/mol. The molecule has 1 aromatic carbocycles. The Morgan fingerprint density at radius 3 is 2.66 bits per heavy atom. The Bertz CT molecular complexity index is 1290. The highest BCUT2D eigenvalue weighted by Crippen LogP contribution is 2.40. The van der Waals surface area contributed by atoms with E-state index in [1.165, 1.54) is 4.90 Å². The van der Waals surface area contributed by atoms with Gasteiger partial charge in [0.05, 0.1) is 23.9 Å². The maximum Gasteiger partial charge on any atom is 0.295 e. The fraction of sp³-hybridized carbons (Fsp3) is 0.370. The lowest BCUT2D eigenvalue weighted by molar-refractivity contribution is -0.140. The second-order valence-corrected chi connectivity index (χ2v) is 8.69. The molecule has 4 rings (SSSR count). The first kappa shape index (κ1) is 24.5. The maximum atomic E-state index is 13.3. The van der Waals surface area contributed by atoms with Gasteiger partial charge in [-0.3, -0.25) is 9.59 Å². The topological polar surface area (TPSA) is 93.4 Å². The molecule has 0 bridgehead atoms. The van der Waals surface area contributed by atoms with Gasteiger partial charge in [0, 0.05) is 26.5 Å². The second kappa shape index (κ2) is 10.3. The minimum atomic E-state index is -0.762. The van der Waals surface area contributed by atoms with E-state index in [0.717, 1.165) is 12.0 Å². The molecule has 0 aliphatic carbocycles. The van der Waals surface area contributed by atoms with E-state index in [1.807, 2.05) is 67.8 Å². The Balaban J connectivity index is 1.87. The van der Waals surface area contributed by atoms with Crippen LogP contribution in [0.3, 0.4) is 0 Å². The largest absolute Gasteiger partial charge is 0.505 e. The quantitative estimate of drug-likeness (QED) is 0.215. The standard InChI is InChI=1S/C27H31N3O5/c1-5-14-35-20-11-6-10-19(16-20)23-21(25(32)27(33)30(23)13-8-15-34-4)24(31)22-18(3)29-12-7-9-17(2)26(29)28-22/h6-7,9-12,16,23,31H,5,8,13-15H2,1-4H3/b24-21+. The molecule has 1 atom stereocenters. The third-order valence-electron chi connectivity index (χ3n) is 6.24. The normalized spacial score (nSPS) is 17.5. The van der Waals surface area contributed by atoms with Gasteiger partial charge in [0.2, 0.25) is 0 Å². The number of pyridine rings is 1. The number of benzene rings is 1. The summed E-state index contributed by atoms with van der Waals surface area (Å²) >= 11 is 0. The Morgan fingerprint density at radius 1 is 1.14 bits per heavy atom. The van der Waals surface area contributed by atoms with Crippen molar-refractivity contribution in [3.8, 4) is 5.75 Å². The number of nitrogens with zero attached hydrogens (tertiary/aromatic N) is 3. The summed E-state index contributed by atoms with van der Waals surface area (Å²) in [6, 6.07) is 10.4. The van der Waals surface area contributed by atoms with Crippen LogP contribution in [0.15, 0.2) is 48.2 Å². The van der Waals surface area contributed by atoms with Crippen LogP contribution in [0, 0.1) is 13.8 Å². The molecule has 3 heterocycles. The average Bonchev–Trinajstić information content (AvgIpc) is 3.33. The number of carbonyl (C=O) groups is 2. The summed E-state index contributed by atoms with van der Waals surface area (Å²) in [5.74, 6) is -1.00. The average molecular weight is 478 g/mol. The van der Waals surface area contributed by atoms with Gasteiger partial charge < -0.3 is 23.9 Å². The highest BCUT2D eigenvalue weighted by atomic mass is 16.5. The molecule has 1 fully saturated rings. The van der Waals surface area contributed by atoms with Crippen LogP contribution in [0.2, 0.25) is 0 Å². The van der Waals surface area contributed by atoms with E-state index in [0.29, 0.717) is 48.8 Å². The third-order valence-corrected chi connectivity index (χ3v) is 6.24. The van der Waals surface area contributed by atoms with Crippen LogP contribution in [-0.4, -0.2) is 57.9 Å². The number of aliphatic hydroxyl groups is 1. The number of aryl methyl sites for hydroxylation is 2. The Morgan fingerprint density at radius 2 is 1.94 bits per heavy atom. The molecule has 8 heteroatoms. The van der Waals surface area contributed by atoms with Gasteiger partial charge in [-0.25, -0.2) is 4.98 Å². The summed E-state index contributed by atoms with van der Waals surface area (Å²) in [4.78, 5) is 32.6. The van der Waals surface area contributed by atoms with E-state index in [9.17, 15) is 14.7 Å². The zero-order valence-electron chi connectivity index (χ0n) is 20.6. The van der Waals surface area contributed by atoms with Crippen molar-refractivity contribution in [2.75, 3.05) is 26.9 Å². The number of rotatable bonds is 9. The number of ketones is 1. The summed E-state index contributed by atoms with van der Waals surface area (Å²) in [5.41, 5.74) is 3.32. The van der Waals surface area contributed by atoms with Gasteiger partial charge in [0.1, 0.15) is 17.1 Å². The van der Waals surface area contributed by atoms with Gasteiger partial charge in [-0.05, 0) is 56.0 Å². The number of carbonyl (C=O) groups excluding carboxylic acids is 2. The number of ether oxygens (including phenoxy) is 2. The van der Waals surface area contributed by atoms with E-state index >= 15 is 0 Å². The maximum absolute atomic E-state index is 13.3. The number of imidazole rings is 1. The lowest BCUT2D eigenvalue weighted by Gasteiger charge is -2.25. The first-order valence-corrected chi connectivity index (χ1v) is 11.8. The van der Waals surface area contributed by atoms with E-state index in [1.54, 1.807) is 7.11 Å². The van der Waals surface area contributed by atoms with Crippen LogP contribution in [-0.2, 0) is 14.3 Å². The number of hydrogen-bond donors (Lipinski definition) is 1. The molecule has 184 valence electrons. The molecule has 1 unspecified atom stereocenters. The molecule has 8 nitrogen and oxygen atoms in total. The fourth-order valence-electron chi connectivity index (χ4n) is 4.50. The molecule has 1 saturated heterocycles.